The zero-order valence-electron chi connectivity index (χ0n) is 17.6. The molecule has 4 atom stereocenters. The van der Waals surface area contributed by atoms with Crippen LogP contribution in [-0.2, 0) is 19.9 Å². The number of nitrogens with one attached hydrogen (secondary N) is 1. The number of hydrogen-bond donors (Lipinski definition) is 1. The molecule has 0 aliphatic carbocycles. The molecule has 4 heterocycles. The monoisotopic (exact) mass is 466 g/mol. The largest absolute Gasteiger partial charge is 0.323 e. The van der Waals surface area contributed by atoms with Gasteiger partial charge in [0.15, 0.2) is 0 Å². The number of rotatable bonds is 2. The molecular formula is C23H19ClN4O5. The molecular weight excluding hydrogens is 448 g/mol. The minimum Gasteiger partial charge on any atom is -0.323 e. The van der Waals surface area contributed by atoms with Gasteiger partial charge in [0.05, 0.1) is 38.7 Å². The normalized spacial score (nSPS) is 30.1. The van der Waals surface area contributed by atoms with Gasteiger partial charge in [-0.05, 0) is 38.4 Å². The fraction of sp³-hybridized carbons (Fsp3) is 0.348. The summed E-state index contributed by atoms with van der Waals surface area (Å²) < 4.78 is 0. The van der Waals surface area contributed by atoms with Gasteiger partial charge >= 0.3 is 0 Å². The number of nitro groups is 1. The van der Waals surface area contributed by atoms with Crippen LogP contribution in [0.15, 0.2) is 36.4 Å². The highest BCUT2D eigenvalue weighted by Crippen LogP contribution is 2.61. The van der Waals surface area contributed by atoms with Crippen molar-refractivity contribution in [3.05, 3.63) is 62.7 Å². The first-order valence-electron chi connectivity index (χ1n) is 10.8. The molecule has 3 saturated heterocycles. The Morgan fingerprint density at radius 1 is 1.15 bits per heavy atom. The van der Waals surface area contributed by atoms with Gasteiger partial charge in [-0.15, -0.1) is 0 Å². The maximum absolute atomic E-state index is 14.0. The molecule has 33 heavy (non-hydrogen) atoms. The van der Waals surface area contributed by atoms with E-state index in [-0.39, 0.29) is 28.9 Å². The number of anilines is 2. The fourth-order valence-electron chi connectivity index (χ4n) is 6.48. The van der Waals surface area contributed by atoms with Crippen LogP contribution in [0.2, 0.25) is 5.02 Å². The molecule has 4 aliphatic rings. The third-order valence-electron chi connectivity index (χ3n) is 7.69. The number of benzene rings is 2. The van der Waals surface area contributed by atoms with Crippen LogP contribution >= 0.6 is 11.6 Å². The van der Waals surface area contributed by atoms with Crippen LogP contribution < -0.4 is 10.2 Å². The van der Waals surface area contributed by atoms with Gasteiger partial charge in [0.25, 0.3) is 11.6 Å². The van der Waals surface area contributed by atoms with E-state index in [1.165, 1.54) is 25.1 Å². The van der Waals surface area contributed by atoms with Gasteiger partial charge in [0, 0.05) is 17.7 Å². The van der Waals surface area contributed by atoms with E-state index in [4.69, 9.17) is 11.6 Å². The first-order valence-corrected chi connectivity index (χ1v) is 11.2. The second-order valence-electron chi connectivity index (χ2n) is 8.98. The van der Waals surface area contributed by atoms with Gasteiger partial charge in [0.2, 0.25) is 11.8 Å². The van der Waals surface area contributed by atoms with Crippen molar-refractivity contribution in [3.63, 3.8) is 0 Å². The van der Waals surface area contributed by atoms with Crippen molar-refractivity contribution in [2.24, 2.45) is 11.8 Å². The smallest absolute Gasteiger partial charge is 0.274 e. The number of nitrogens with zero attached hydrogens (tertiary/aromatic N) is 3. The number of para-hydroxylation sites is 1. The number of fused-ring (bicyclic) bond motifs is 7. The van der Waals surface area contributed by atoms with E-state index in [0.717, 1.165) is 11.3 Å². The van der Waals surface area contributed by atoms with E-state index in [2.05, 4.69) is 5.32 Å². The zero-order valence-corrected chi connectivity index (χ0v) is 18.3. The molecule has 3 amide bonds. The Morgan fingerprint density at radius 3 is 2.67 bits per heavy atom. The number of carbonyl (C=O) groups excluding carboxylic acids is 3. The lowest BCUT2D eigenvalue weighted by Crippen LogP contribution is -2.54. The van der Waals surface area contributed by atoms with Crippen LogP contribution in [0, 0.1) is 28.9 Å². The van der Waals surface area contributed by atoms with E-state index in [1.54, 1.807) is 18.2 Å². The number of imide groups is 1. The number of amides is 3. The average molecular weight is 467 g/mol. The third kappa shape index (κ3) is 2.28. The van der Waals surface area contributed by atoms with Gasteiger partial charge in [-0.25, -0.2) is 4.90 Å². The summed E-state index contributed by atoms with van der Waals surface area (Å²) in [4.78, 5) is 55.3. The van der Waals surface area contributed by atoms with Crippen molar-refractivity contribution in [1.82, 2.24) is 4.90 Å². The summed E-state index contributed by atoms with van der Waals surface area (Å²) in [7, 11) is 0. The first-order chi connectivity index (χ1) is 15.8. The molecule has 1 spiro atoms. The van der Waals surface area contributed by atoms with Crippen molar-refractivity contribution >= 4 is 46.4 Å². The van der Waals surface area contributed by atoms with E-state index in [0.29, 0.717) is 29.2 Å². The maximum atomic E-state index is 14.0. The van der Waals surface area contributed by atoms with Gasteiger partial charge in [-0.3, -0.25) is 29.4 Å². The molecule has 4 aliphatic heterocycles. The van der Waals surface area contributed by atoms with Crippen molar-refractivity contribution in [3.8, 4) is 0 Å². The van der Waals surface area contributed by atoms with Crippen molar-refractivity contribution in [2.45, 2.75) is 31.3 Å². The van der Waals surface area contributed by atoms with Crippen LogP contribution in [0.1, 0.15) is 24.0 Å². The molecule has 168 valence electrons. The zero-order chi connectivity index (χ0) is 23.2. The highest BCUT2D eigenvalue weighted by molar-refractivity contribution is 6.35. The van der Waals surface area contributed by atoms with Gasteiger partial charge in [-0.2, -0.15) is 0 Å². The molecule has 2 aromatic carbocycles. The Kier molecular flexibility index (Phi) is 4.07. The number of halogens is 1. The Labute approximate surface area is 193 Å². The molecule has 0 radical (unpaired) electrons. The summed E-state index contributed by atoms with van der Waals surface area (Å²) in [5.41, 5.74) is 0.0122. The minimum atomic E-state index is -1.33. The second kappa shape index (κ2) is 6.61. The van der Waals surface area contributed by atoms with E-state index in [9.17, 15) is 24.5 Å². The Balaban J connectivity index is 1.56. The van der Waals surface area contributed by atoms with Gasteiger partial charge in [-0.1, -0.05) is 29.8 Å². The van der Waals surface area contributed by atoms with Crippen molar-refractivity contribution in [1.29, 1.82) is 0 Å². The molecule has 2 aromatic rings. The number of carbonyl (C=O) groups is 3. The topological polar surface area (TPSA) is 113 Å². The number of nitro benzene ring substituents is 1. The highest BCUT2D eigenvalue weighted by Gasteiger charge is 2.74. The van der Waals surface area contributed by atoms with Crippen molar-refractivity contribution < 1.29 is 19.3 Å². The molecule has 1 N–H and O–H groups in total. The third-order valence-corrected chi connectivity index (χ3v) is 8.01. The Bertz CT molecular complexity index is 1300. The average Bonchev–Trinajstić information content (AvgIpc) is 3.48. The summed E-state index contributed by atoms with van der Waals surface area (Å²) >= 11 is 6.38. The Morgan fingerprint density at radius 2 is 1.91 bits per heavy atom. The van der Waals surface area contributed by atoms with Crippen molar-refractivity contribution in [2.75, 3.05) is 16.8 Å². The van der Waals surface area contributed by atoms with E-state index >= 15 is 0 Å². The molecule has 10 heteroatoms. The molecule has 6 rings (SSSR count). The van der Waals surface area contributed by atoms with Gasteiger partial charge in [0.1, 0.15) is 5.54 Å². The molecule has 3 fully saturated rings. The van der Waals surface area contributed by atoms with Crippen LogP contribution in [0.5, 0.6) is 0 Å². The summed E-state index contributed by atoms with van der Waals surface area (Å²) in [6, 6.07) is 9.27. The van der Waals surface area contributed by atoms with Gasteiger partial charge < -0.3 is 5.32 Å². The first kappa shape index (κ1) is 20.3. The second-order valence-corrected chi connectivity index (χ2v) is 9.39. The van der Waals surface area contributed by atoms with Crippen LogP contribution in [0.4, 0.5) is 17.1 Å². The lowest BCUT2D eigenvalue weighted by atomic mass is 9.75. The molecule has 0 saturated carbocycles. The quantitative estimate of drug-likeness (QED) is 0.413. The Hall–Kier alpha value is -3.30. The SMILES string of the molecule is Cc1c(N2C(=O)[C@@H]3[C@@H]4CCCN4[C@]4(C(=O)Nc5c(Cl)cccc54)[C@H]3C2=O)cccc1[N+](=O)[O-]. The summed E-state index contributed by atoms with van der Waals surface area (Å²) in [6.45, 7) is 2.12. The maximum Gasteiger partial charge on any atom is 0.274 e. The summed E-state index contributed by atoms with van der Waals surface area (Å²) in [5, 5.41) is 14.7. The lowest BCUT2D eigenvalue weighted by Gasteiger charge is -2.36. The van der Waals surface area contributed by atoms with E-state index < -0.39 is 34.1 Å². The molecule has 0 aromatic heterocycles. The molecule has 0 unspecified atom stereocenters. The summed E-state index contributed by atoms with van der Waals surface area (Å²) in [6.07, 6.45) is 1.49. The minimum absolute atomic E-state index is 0.168. The lowest BCUT2D eigenvalue weighted by molar-refractivity contribution is -0.385. The predicted molar refractivity (Wildman–Crippen MR) is 119 cm³/mol. The summed E-state index contributed by atoms with van der Waals surface area (Å²) in [5.74, 6) is -2.93. The molecule has 0 bridgehead atoms. The van der Waals surface area contributed by atoms with Crippen LogP contribution in [0.3, 0.4) is 0 Å². The molecule has 9 nitrogen and oxygen atoms in total. The highest BCUT2D eigenvalue weighted by atomic mass is 35.5. The van der Waals surface area contributed by atoms with E-state index in [1.807, 2.05) is 4.90 Å². The van der Waals surface area contributed by atoms with Crippen LogP contribution in [0.25, 0.3) is 0 Å². The predicted octanol–water partition coefficient (Wildman–Crippen LogP) is 2.99. The number of hydrogen-bond acceptors (Lipinski definition) is 6. The fourth-order valence-corrected chi connectivity index (χ4v) is 6.71. The van der Waals surface area contributed by atoms with Crippen LogP contribution in [-0.4, -0.2) is 40.1 Å². The standard InChI is InChI=1S/C23H19ClN4O5/c1-11-14(7-3-8-15(11)28(32)33)27-20(29)17-16-9-4-10-26(16)23(18(17)21(27)30)12-5-2-6-13(24)19(12)25-22(23)31/h2-3,5-8,16-18H,4,9-10H2,1H3,(H,25,31)/t16-,17+,18+,23-/m0/s1.